The number of anilines is 1. The first-order valence-corrected chi connectivity index (χ1v) is 8.20. The van der Waals surface area contributed by atoms with E-state index in [2.05, 4.69) is 16.7 Å². The maximum absolute atomic E-state index is 12.3. The SMILES string of the molecule is CCc1ccc(CNS(=O)(=O)c2c(N)nn(C)c2C)cc1. The van der Waals surface area contributed by atoms with E-state index in [0.717, 1.165) is 12.0 Å². The standard InChI is InChI=1S/C14H20N4O2S/c1-4-11-5-7-12(8-6-11)9-16-21(19,20)13-10(2)18(3)17-14(13)15/h5-8,16H,4,9H2,1-3H3,(H2,15,17). The highest BCUT2D eigenvalue weighted by atomic mass is 32.2. The minimum atomic E-state index is -3.67. The van der Waals surface area contributed by atoms with Crippen molar-refractivity contribution in [1.82, 2.24) is 14.5 Å². The fraction of sp³-hybridized carbons (Fsp3) is 0.357. The number of aryl methyl sites for hydroxylation is 2. The van der Waals surface area contributed by atoms with Crippen molar-refractivity contribution in [2.75, 3.05) is 5.73 Å². The summed E-state index contributed by atoms with van der Waals surface area (Å²) in [4.78, 5) is 0.0511. The van der Waals surface area contributed by atoms with E-state index in [1.54, 1.807) is 14.0 Å². The van der Waals surface area contributed by atoms with Crippen molar-refractivity contribution in [1.29, 1.82) is 0 Å². The lowest BCUT2D eigenvalue weighted by molar-refractivity contribution is 0.580. The average molecular weight is 308 g/mol. The summed E-state index contributed by atoms with van der Waals surface area (Å²) in [5.74, 6) is 0.0174. The van der Waals surface area contributed by atoms with Crippen molar-refractivity contribution < 1.29 is 8.42 Å². The van der Waals surface area contributed by atoms with E-state index in [0.29, 0.717) is 5.69 Å². The van der Waals surface area contributed by atoms with Crippen LogP contribution >= 0.6 is 0 Å². The summed E-state index contributed by atoms with van der Waals surface area (Å²) in [5.41, 5.74) is 8.31. The molecule has 2 aromatic rings. The number of nitrogens with two attached hydrogens (primary N) is 1. The molecule has 0 radical (unpaired) electrons. The number of sulfonamides is 1. The van der Waals surface area contributed by atoms with Gasteiger partial charge in [0.25, 0.3) is 0 Å². The number of hydrogen-bond acceptors (Lipinski definition) is 4. The Morgan fingerprint density at radius 2 is 1.81 bits per heavy atom. The van der Waals surface area contributed by atoms with E-state index in [1.807, 2.05) is 24.3 Å². The van der Waals surface area contributed by atoms with Gasteiger partial charge in [0.05, 0.1) is 5.69 Å². The number of nitrogens with one attached hydrogen (secondary N) is 1. The molecule has 21 heavy (non-hydrogen) atoms. The summed E-state index contributed by atoms with van der Waals surface area (Å²) in [6.45, 7) is 3.97. The largest absolute Gasteiger partial charge is 0.381 e. The van der Waals surface area contributed by atoms with Gasteiger partial charge in [0.15, 0.2) is 5.82 Å². The first kappa shape index (κ1) is 15.5. The van der Waals surface area contributed by atoms with E-state index >= 15 is 0 Å². The Kier molecular flexibility index (Phi) is 4.34. The molecule has 114 valence electrons. The van der Waals surface area contributed by atoms with Gasteiger partial charge >= 0.3 is 0 Å². The van der Waals surface area contributed by atoms with Crippen LogP contribution in [0.4, 0.5) is 5.82 Å². The molecule has 6 nitrogen and oxygen atoms in total. The minimum Gasteiger partial charge on any atom is -0.381 e. The summed E-state index contributed by atoms with van der Waals surface area (Å²) in [5, 5.41) is 3.93. The van der Waals surface area contributed by atoms with Gasteiger partial charge in [-0.25, -0.2) is 13.1 Å². The summed E-state index contributed by atoms with van der Waals surface area (Å²) in [7, 11) is -2.01. The van der Waals surface area contributed by atoms with Crippen molar-refractivity contribution in [2.24, 2.45) is 7.05 Å². The Morgan fingerprint density at radius 3 is 2.29 bits per heavy atom. The van der Waals surface area contributed by atoms with E-state index in [1.165, 1.54) is 10.2 Å². The highest BCUT2D eigenvalue weighted by molar-refractivity contribution is 7.89. The van der Waals surface area contributed by atoms with E-state index in [-0.39, 0.29) is 17.3 Å². The van der Waals surface area contributed by atoms with Crippen LogP contribution in [0.15, 0.2) is 29.2 Å². The third kappa shape index (κ3) is 3.25. The molecule has 7 heteroatoms. The second-order valence-electron chi connectivity index (χ2n) is 4.92. The molecule has 0 atom stereocenters. The van der Waals surface area contributed by atoms with Gasteiger partial charge in [-0.3, -0.25) is 4.68 Å². The van der Waals surface area contributed by atoms with Crippen molar-refractivity contribution in [2.45, 2.75) is 31.7 Å². The summed E-state index contributed by atoms with van der Waals surface area (Å²) < 4.78 is 28.7. The second kappa shape index (κ2) is 5.87. The second-order valence-corrected chi connectivity index (χ2v) is 6.62. The van der Waals surface area contributed by atoms with Crippen LogP contribution in [0.25, 0.3) is 0 Å². The molecule has 2 rings (SSSR count). The Morgan fingerprint density at radius 1 is 1.24 bits per heavy atom. The first-order chi connectivity index (χ1) is 9.85. The van der Waals surface area contributed by atoms with Crippen LogP contribution in [0, 0.1) is 6.92 Å². The summed E-state index contributed by atoms with van der Waals surface area (Å²) >= 11 is 0. The topological polar surface area (TPSA) is 90.0 Å². The van der Waals surface area contributed by atoms with Gasteiger partial charge in [-0.05, 0) is 24.5 Å². The monoisotopic (exact) mass is 308 g/mol. The van der Waals surface area contributed by atoms with Crippen molar-refractivity contribution in [3.63, 3.8) is 0 Å². The molecule has 0 aliphatic heterocycles. The predicted molar refractivity (Wildman–Crippen MR) is 82.2 cm³/mol. The zero-order valence-corrected chi connectivity index (χ0v) is 13.2. The Hall–Kier alpha value is -1.86. The zero-order chi connectivity index (χ0) is 15.6. The molecule has 0 aliphatic rings. The molecule has 0 fully saturated rings. The van der Waals surface area contributed by atoms with Gasteiger partial charge in [-0.15, -0.1) is 0 Å². The maximum atomic E-state index is 12.3. The van der Waals surface area contributed by atoms with Gasteiger partial charge in [0, 0.05) is 13.6 Å². The molecule has 0 saturated heterocycles. The Bertz CT molecular complexity index is 733. The third-order valence-corrected chi connectivity index (χ3v) is 5.04. The summed E-state index contributed by atoms with van der Waals surface area (Å²) in [6, 6.07) is 7.82. The smallest absolute Gasteiger partial charge is 0.246 e. The Labute approximate surface area is 125 Å². The molecule has 1 aromatic carbocycles. The normalized spacial score (nSPS) is 11.8. The first-order valence-electron chi connectivity index (χ1n) is 6.71. The van der Waals surface area contributed by atoms with Crippen LogP contribution < -0.4 is 10.5 Å². The number of aromatic nitrogens is 2. The van der Waals surface area contributed by atoms with Crippen molar-refractivity contribution in [3.8, 4) is 0 Å². The maximum Gasteiger partial charge on any atom is 0.246 e. The molecular weight excluding hydrogens is 288 g/mol. The van der Waals surface area contributed by atoms with Crippen LogP contribution in [0.2, 0.25) is 0 Å². The third-order valence-electron chi connectivity index (χ3n) is 3.47. The fourth-order valence-electron chi connectivity index (χ4n) is 2.09. The molecule has 0 saturated carbocycles. The average Bonchev–Trinajstić information content (AvgIpc) is 2.71. The van der Waals surface area contributed by atoms with Gasteiger partial charge in [-0.1, -0.05) is 31.2 Å². The molecule has 0 spiro atoms. The van der Waals surface area contributed by atoms with Gasteiger partial charge in [0.1, 0.15) is 4.90 Å². The van der Waals surface area contributed by atoms with Crippen molar-refractivity contribution >= 4 is 15.8 Å². The van der Waals surface area contributed by atoms with Crippen LogP contribution in [-0.4, -0.2) is 18.2 Å². The predicted octanol–water partition coefficient (Wildman–Crippen LogP) is 1.35. The number of benzene rings is 1. The highest BCUT2D eigenvalue weighted by Gasteiger charge is 2.24. The fourth-order valence-corrected chi connectivity index (χ4v) is 3.43. The lowest BCUT2D eigenvalue weighted by Gasteiger charge is -2.07. The number of hydrogen-bond donors (Lipinski definition) is 2. The van der Waals surface area contributed by atoms with Crippen LogP contribution in [0.1, 0.15) is 23.7 Å². The van der Waals surface area contributed by atoms with Crippen molar-refractivity contribution in [3.05, 3.63) is 41.1 Å². The van der Waals surface area contributed by atoms with Crippen LogP contribution in [0.3, 0.4) is 0 Å². The molecule has 0 amide bonds. The van der Waals surface area contributed by atoms with E-state index < -0.39 is 10.0 Å². The Balaban J connectivity index is 2.17. The lowest BCUT2D eigenvalue weighted by atomic mass is 10.1. The highest BCUT2D eigenvalue weighted by Crippen LogP contribution is 2.21. The molecule has 0 aliphatic carbocycles. The van der Waals surface area contributed by atoms with Gasteiger partial charge < -0.3 is 5.73 Å². The lowest BCUT2D eigenvalue weighted by Crippen LogP contribution is -2.24. The minimum absolute atomic E-state index is 0.0174. The molecule has 1 aromatic heterocycles. The summed E-state index contributed by atoms with van der Waals surface area (Å²) in [6.07, 6.45) is 0.956. The number of nitrogen functional groups attached to an aromatic ring is 1. The van der Waals surface area contributed by atoms with Crippen LogP contribution in [-0.2, 0) is 30.0 Å². The number of nitrogens with zero attached hydrogens (tertiary/aromatic N) is 2. The van der Waals surface area contributed by atoms with Gasteiger partial charge in [0.2, 0.25) is 10.0 Å². The van der Waals surface area contributed by atoms with E-state index in [9.17, 15) is 8.42 Å². The molecule has 0 unspecified atom stereocenters. The quantitative estimate of drug-likeness (QED) is 0.872. The van der Waals surface area contributed by atoms with Crippen LogP contribution in [0.5, 0.6) is 0 Å². The molecule has 1 heterocycles. The molecule has 0 bridgehead atoms. The van der Waals surface area contributed by atoms with Gasteiger partial charge in [-0.2, -0.15) is 5.10 Å². The number of rotatable bonds is 5. The molecule has 3 N–H and O–H groups in total. The zero-order valence-electron chi connectivity index (χ0n) is 12.4. The van der Waals surface area contributed by atoms with E-state index in [4.69, 9.17) is 5.73 Å². The molecular formula is C14H20N4O2S.